The highest BCUT2D eigenvalue weighted by Crippen LogP contribution is 2.33. The molecule has 0 saturated heterocycles. The zero-order valence-electron chi connectivity index (χ0n) is 13.0. The first-order chi connectivity index (χ1) is 11.1. The second-order valence-corrected chi connectivity index (χ2v) is 5.38. The molecule has 0 radical (unpaired) electrons. The molecule has 5 heteroatoms. The van der Waals surface area contributed by atoms with Crippen LogP contribution in [0.25, 0.3) is 0 Å². The maximum atomic E-state index is 14.0. The van der Waals surface area contributed by atoms with E-state index >= 15 is 0 Å². The minimum Gasteiger partial charge on any atom is -0.497 e. The lowest BCUT2D eigenvalue weighted by Crippen LogP contribution is -2.24. The van der Waals surface area contributed by atoms with E-state index in [2.05, 4.69) is 5.10 Å². The number of hydrazone groups is 1. The van der Waals surface area contributed by atoms with Crippen molar-refractivity contribution < 1.29 is 13.9 Å². The summed E-state index contributed by atoms with van der Waals surface area (Å²) in [4.78, 5) is 11.9. The Morgan fingerprint density at radius 3 is 2.52 bits per heavy atom. The summed E-state index contributed by atoms with van der Waals surface area (Å²) in [5, 5.41) is 5.77. The van der Waals surface area contributed by atoms with Crippen LogP contribution in [0.5, 0.6) is 5.75 Å². The van der Waals surface area contributed by atoms with E-state index in [1.165, 1.54) is 18.0 Å². The molecule has 0 aliphatic carbocycles. The van der Waals surface area contributed by atoms with Gasteiger partial charge in [-0.25, -0.2) is 9.40 Å². The van der Waals surface area contributed by atoms with Crippen LogP contribution < -0.4 is 4.74 Å². The van der Waals surface area contributed by atoms with Crippen LogP contribution in [-0.4, -0.2) is 23.7 Å². The average molecular weight is 312 g/mol. The lowest BCUT2D eigenvalue weighted by atomic mass is 9.98. The maximum absolute atomic E-state index is 14.0. The Hall–Kier alpha value is -2.69. The van der Waals surface area contributed by atoms with Crippen LogP contribution in [0.2, 0.25) is 0 Å². The highest BCUT2D eigenvalue weighted by Gasteiger charge is 2.32. The Morgan fingerprint density at radius 2 is 1.91 bits per heavy atom. The highest BCUT2D eigenvalue weighted by molar-refractivity contribution is 6.03. The van der Waals surface area contributed by atoms with Gasteiger partial charge in [0.1, 0.15) is 11.6 Å². The zero-order valence-corrected chi connectivity index (χ0v) is 13.0. The fourth-order valence-electron chi connectivity index (χ4n) is 2.74. The van der Waals surface area contributed by atoms with Crippen LogP contribution in [0.4, 0.5) is 4.39 Å². The molecule has 23 heavy (non-hydrogen) atoms. The summed E-state index contributed by atoms with van der Waals surface area (Å²) in [6, 6.07) is 13.7. The molecule has 1 aliphatic rings. The second kappa shape index (κ2) is 6.20. The molecule has 1 heterocycles. The Bertz CT molecular complexity index is 756. The molecule has 1 aliphatic heterocycles. The van der Waals surface area contributed by atoms with Crippen LogP contribution >= 0.6 is 0 Å². The van der Waals surface area contributed by atoms with Crippen LogP contribution in [0.1, 0.15) is 30.5 Å². The Balaban J connectivity index is 1.94. The fourth-order valence-corrected chi connectivity index (χ4v) is 2.74. The van der Waals surface area contributed by atoms with E-state index < -0.39 is 0 Å². The van der Waals surface area contributed by atoms with Gasteiger partial charge < -0.3 is 4.74 Å². The van der Waals surface area contributed by atoms with E-state index in [0.29, 0.717) is 17.7 Å². The normalized spacial score (nSPS) is 17.1. The van der Waals surface area contributed by atoms with E-state index in [0.717, 1.165) is 11.3 Å². The Labute approximate surface area is 134 Å². The van der Waals surface area contributed by atoms with E-state index in [1.54, 1.807) is 25.3 Å². The quantitative estimate of drug-likeness (QED) is 0.870. The summed E-state index contributed by atoms with van der Waals surface area (Å²) in [5.74, 6) is 0.249. The number of carbonyl (C=O) groups is 1. The van der Waals surface area contributed by atoms with E-state index in [4.69, 9.17) is 4.74 Å². The summed E-state index contributed by atoms with van der Waals surface area (Å²) in [5.41, 5.74) is 1.96. The number of hydrogen-bond donors (Lipinski definition) is 0. The molecule has 3 rings (SSSR count). The van der Waals surface area contributed by atoms with Crippen molar-refractivity contribution in [2.75, 3.05) is 7.11 Å². The van der Waals surface area contributed by atoms with Gasteiger partial charge in [0.05, 0.1) is 18.9 Å². The molecular weight excluding hydrogens is 295 g/mol. The van der Waals surface area contributed by atoms with Crippen LogP contribution in [0.3, 0.4) is 0 Å². The molecule has 118 valence electrons. The molecule has 0 aromatic heterocycles. The summed E-state index contributed by atoms with van der Waals surface area (Å²) in [6.07, 6.45) is 0.479. The van der Waals surface area contributed by atoms with Crippen molar-refractivity contribution in [3.8, 4) is 5.75 Å². The average Bonchev–Trinajstić information content (AvgIpc) is 3.01. The van der Waals surface area contributed by atoms with Gasteiger partial charge in [-0.1, -0.05) is 30.3 Å². The molecule has 1 amide bonds. The van der Waals surface area contributed by atoms with Crippen molar-refractivity contribution in [2.24, 2.45) is 5.10 Å². The molecule has 0 N–H and O–H groups in total. The lowest BCUT2D eigenvalue weighted by Gasteiger charge is -2.20. The summed E-state index contributed by atoms with van der Waals surface area (Å²) < 4.78 is 19.2. The molecule has 1 atom stereocenters. The third kappa shape index (κ3) is 2.95. The SMILES string of the molecule is COc1ccc([C@H]2CC(c3ccccc3F)=NN2C(C)=O)cc1. The molecular formula is C18H17FN2O2. The van der Waals surface area contributed by atoms with Crippen molar-refractivity contribution in [3.63, 3.8) is 0 Å². The third-order valence-electron chi connectivity index (χ3n) is 3.92. The summed E-state index contributed by atoms with van der Waals surface area (Å²) in [6.45, 7) is 1.46. The zero-order chi connectivity index (χ0) is 16.4. The Morgan fingerprint density at radius 1 is 1.22 bits per heavy atom. The van der Waals surface area contributed by atoms with E-state index in [1.807, 2.05) is 24.3 Å². The van der Waals surface area contributed by atoms with E-state index in [9.17, 15) is 9.18 Å². The minimum absolute atomic E-state index is 0.169. The van der Waals surface area contributed by atoms with Gasteiger partial charge in [0, 0.05) is 18.9 Å². The summed E-state index contributed by atoms with van der Waals surface area (Å²) in [7, 11) is 1.60. The van der Waals surface area contributed by atoms with Gasteiger partial charge in [0.2, 0.25) is 5.91 Å². The maximum Gasteiger partial charge on any atom is 0.240 e. The van der Waals surface area contributed by atoms with Crippen molar-refractivity contribution in [2.45, 2.75) is 19.4 Å². The van der Waals surface area contributed by atoms with Gasteiger partial charge in [-0.3, -0.25) is 4.79 Å². The summed E-state index contributed by atoms with van der Waals surface area (Å²) >= 11 is 0. The topological polar surface area (TPSA) is 41.9 Å². The van der Waals surface area contributed by atoms with Crippen LogP contribution in [0.15, 0.2) is 53.6 Å². The smallest absolute Gasteiger partial charge is 0.240 e. The van der Waals surface area contributed by atoms with Gasteiger partial charge in [-0.15, -0.1) is 0 Å². The second-order valence-electron chi connectivity index (χ2n) is 5.38. The fraction of sp³-hybridized carbons (Fsp3) is 0.222. The lowest BCUT2D eigenvalue weighted by molar-refractivity contribution is -0.130. The molecule has 0 saturated carbocycles. The van der Waals surface area contributed by atoms with Crippen molar-refractivity contribution in [1.82, 2.24) is 5.01 Å². The number of ether oxygens (including phenoxy) is 1. The molecule has 2 aromatic carbocycles. The molecule has 4 nitrogen and oxygen atoms in total. The first kappa shape index (κ1) is 15.2. The number of carbonyl (C=O) groups excluding carboxylic acids is 1. The molecule has 0 fully saturated rings. The van der Waals surface area contributed by atoms with Gasteiger partial charge in [-0.2, -0.15) is 5.10 Å². The van der Waals surface area contributed by atoms with Crippen LogP contribution in [-0.2, 0) is 4.79 Å². The molecule has 0 spiro atoms. The van der Waals surface area contributed by atoms with Gasteiger partial charge in [-0.05, 0) is 23.8 Å². The van der Waals surface area contributed by atoms with E-state index in [-0.39, 0.29) is 17.8 Å². The van der Waals surface area contributed by atoms with Crippen LogP contribution in [0, 0.1) is 5.82 Å². The molecule has 0 unspecified atom stereocenters. The van der Waals surface area contributed by atoms with Crippen molar-refractivity contribution in [3.05, 3.63) is 65.5 Å². The van der Waals surface area contributed by atoms with Crippen molar-refractivity contribution >= 4 is 11.6 Å². The Kier molecular flexibility index (Phi) is 4.10. The number of methoxy groups -OCH3 is 1. The van der Waals surface area contributed by atoms with Gasteiger partial charge in [0.25, 0.3) is 0 Å². The molecule has 2 aromatic rings. The van der Waals surface area contributed by atoms with Crippen molar-refractivity contribution in [1.29, 1.82) is 0 Å². The first-order valence-corrected chi connectivity index (χ1v) is 7.36. The number of hydrogen-bond acceptors (Lipinski definition) is 3. The van der Waals surface area contributed by atoms with Gasteiger partial charge in [0.15, 0.2) is 0 Å². The molecule has 0 bridgehead atoms. The monoisotopic (exact) mass is 312 g/mol. The minimum atomic E-state index is -0.329. The first-order valence-electron chi connectivity index (χ1n) is 7.36. The number of benzene rings is 2. The third-order valence-corrected chi connectivity index (χ3v) is 3.92. The number of amides is 1. The predicted octanol–water partition coefficient (Wildman–Crippen LogP) is 3.53. The highest BCUT2D eigenvalue weighted by atomic mass is 19.1. The largest absolute Gasteiger partial charge is 0.497 e. The number of halogens is 1. The van der Waals surface area contributed by atoms with Gasteiger partial charge >= 0.3 is 0 Å². The number of rotatable bonds is 3. The standard InChI is InChI=1S/C18H17FN2O2/c1-12(22)21-18(13-7-9-14(23-2)10-8-13)11-17(20-21)15-5-3-4-6-16(15)19/h3-10,18H,11H2,1-2H3/t18-/m1/s1. The predicted molar refractivity (Wildman–Crippen MR) is 85.8 cm³/mol. The number of nitrogens with zero attached hydrogens (tertiary/aromatic N) is 2.